The van der Waals surface area contributed by atoms with Crippen molar-refractivity contribution >= 4 is 11.7 Å². The topological polar surface area (TPSA) is 54.5 Å². The average molecular weight is 263 g/mol. The van der Waals surface area contributed by atoms with Gasteiger partial charge in [0.05, 0.1) is 5.69 Å². The number of pyridine rings is 1. The summed E-state index contributed by atoms with van der Waals surface area (Å²) in [6, 6.07) is 3.78. The smallest absolute Gasteiger partial charge is 0.359 e. The number of ether oxygens (including phenoxy) is 1. The van der Waals surface area contributed by atoms with Gasteiger partial charge in [-0.1, -0.05) is 0 Å². The number of nitrogens with one attached hydrogen (secondary N) is 1. The van der Waals surface area contributed by atoms with Crippen molar-refractivity contribution in [2.75, 3.05) is 31.1 Å². The normalized spacial score (nSPS) is 16.3. The molecule has 2 heterocycles. The molecule has 19 heavy (non-hydrogen) atoms. The molecule has 1 aliphatic heterocycles. The molecule has 1 saturated heterocycles. The van der Waals surface area contributed by atoms with E-state index in [1.807, 2.05) is 32.9 Å². The van der Waals surface area contributed by atoms with E-state index in [2.05, 4.69) is 15.2 Å². The molecule has 1 aromatic heterocycles. The Morgan fingerprint density at radius 2 is 2.05 bits per heavy atom. The minimum absolute atomic E-state index is 0.360. The van der Waals surface area contributed by atoms with Gasteiger partial charge in [0, 0.05) is 32.4 Å². The lowest BCUT2D eigenvalue weighted by atomic mass is 10.2. The number of hydrogen-bond donors (Lipinski definition) is 1. The summed E-state index contributed by atoms with van der Waals surface area (Å²) < 4.78 is 5.41. The minimum Gasteiger partial charge on any atom is -0.455 e. The zero-order valence-corrected chi connectivity index (χ0v) is 11.8. The lowest BCUT2D eigenvalue weighted by molar-refractivity contribution is 0.00636. The predicted octanol–water partition coefficient (Wildman–Crippen LogP) is 1.45. The maximum absolute atomic E-state index is 12.2. The fourth-order valence-corrected chi connectivity index (χ4v) is 2.04. The predicted molar refractivity (Wildman–Crippen MR) is 74.5 cm³/mol. The molecule has 0 unspecified atom stereocenters. The molecule has 1 aliphatic rings. The Labute approximate surface area is 114 Å². The van der Waals surface area contributed by atoms with E-state index in [9.17, 15) is 4.79 Å². The Balaban J connectivity index is 2.22. The van der Waals surface area contributed by atoms with Crippen LogP contribution in [-0.4, -0.2) is 42.7 Å². The summed E-state index contributed by atoms with van der Waals surface area (Å²) in [5.41, 5.74) is 0.757. The van der Waals surface area contributed by atoms with Gasteiger partial charge in [0.25, 0.3) is 0 Å². The highest BCUT2D eigenvalue weighted by molar-refractivity contribution is 5.93. The van der Waals surface area contributed by atoms with Crippen LogP contribution in [0.15, 0.2) is 18.3 Å². The number of esters is 1. The molecule has 5 heteroatoms. The van der Waals surface area contributed by atoms with Crippen molar-refractivity contribution in [3.63, 3.8) is 0 Å². The average Bonchev–Trinajstić information content (AvgIpc) is 2.38. The second kappa shape index (κ2) is 5.57. The van der Waals surface area contributed by atoms with E-state index in [0.29, 0.717) is 5.69 Å². The summed E-state index contributed by atoms with van der Waals surface area (Å²) in [7, 11) is 0. The van der Waals surface area contributed by atoms with Gasteiger partial charge in [0.15, 0.2) is 5.69 Å². The first kappa shape index (κ1) is 13.8. The van der Waals surface area contributed by atoms with E-state index in [0.717, 1.165) is 31.9 Å². The molecule has 0 aromatic carbocycles. The zero-order valence-electron chi connectivity index (χ0n) is 11.8. The number of nitrogens with zero attached hydrogens (tertiary/aromatic N) is 2. The van der Waals surface area contributed by atoms with Gasteiger partial charge in [0.2, 0.25) is 0 Å². The molecule has 2 rings (SSSR count). The van der Waals surface area contributed by atoms with Crippen molar-refractivity contribution in [1.82, 2.24) is 10.3 Å². The highest BCUT2D eigenvalue weighted by Crippen LogP contribution is 2.21. The fraction of sp³-hybridized carbons (Fsp3) is 0.571. The van der Waals surface area contributed by atoms with Crippen molar-refractivity contribution in [3.8, 4) is 0 Å². The molecule has 0 radical (unpaired) electrons. The van der Waals surface area contributed by atoms with E-state index >= 15 is 0 Å². The van der Waals surface area contributed by atoms with Gasteiger partial charge in [-0.3, -0.25) is 0 Å². The Bertz CT molecular complexity index is 448. The third kappa shape index (κ3) is 3.67. The Hall–Kier alpha value is -1.62. The van der Waals surface area contributed by atoms with Crippen LogP contribution in [0.2, 0.25) is 0 Å². The van der Waals surface area contributed by atoms with Crippen LogP contribution in [0.25, 0.3) is 0 Å². The fourth-order valence-electron chi connectivity index (χ4n) is 2.04. The van der Waals surface area contributed by atoms with Crippen molar-refractivity contribution in [2.24, 2.45) is 0 Å². The second-order valence-corrected chi connectivity index (χ2v) is 5.61. The van der Waals surface area contributed by atoms with Gasteiger partial charge in [-0.25, -0.2) is 9.78 Å². The number of carbonyl (C=O) groups excluding carboxylic acids is 1. The number of hydrogen-bond acceptors (Lipinski definition) is 5. The SMILES string of the molecule is CC(C)(C)OC(=O)c1ncccc1N1CCNCC1. The van der Waals surface area contributed by atoms with Crippen LogP contribution in [0.3, 0.4) is 0 Å². The van der Waals surface area contributed by atoms with Gasteiger partial charge in [-0.2, -0.15) is 0 Å². The first-order valence-corrected chi connectivity index (χ1v) is 6.61. The standard InChI is InChI=1S/C14H21N3O2/c1-14(2,3)19-13(18)12-11(5-4-6-16-12)17-9-7-15-8-10-17/h4-6,15H,7-10H2,1-3H3. The molecule has 0 saturated carbocycles. The largest absolute Gasteiger partial charge is 0.455 e. The summed E-state index contributed by atoms with van der Waals surface area (Å²) in [6.45, 7) is 9.17. The molecular formula is C14H21N3O2. The zero-order chi connectivity index (χ0) is 13.9. The van der Waals surface area contributed by atoms with E-state index in [1.165, 1.54) is 0 Å². The number of aromatic nitrogens is 1. The van der Waals surface area contributed by atoms with E-state index in [-0.39, 0.29) is 5.97 Å². The molecule has 0 spiro atoms. The Kier molecular flexibility index (Phi) is 4.04. The second-order valence-electron chi connectivity index (χ2n) is 5.61. The molecule has 0 aliphatic carbocycles. The van der Waals surface area contributed by atoms with Gasteiger partial charge in [-0.15, -0.1) is 0 Å². The van der Waals surface area contributed by atoms with Crippen LogP contribution in [0.4, 0.5) is 5.69 Å². The number of piperazine rings is 1. The van der Waals surface area contributed by atoms with Gasteiger partial charge >= 0.3 is 5.97 Å². The highest BCUT2D eigenvalue weighted by atomic mass is 16.6. The van der Waals surface area contributed by atoms with Crippen LogP contribution in [0.1, 0.15) is 31.3 Å². The maximum Gasteiger partial charge on any atom is 0.359 e. The summed E-state index contributed by atoms with van der Waals surface area (Å²) in [4.78, 5) is 18.6. The number of carbonyl (C=O) groups is 1. The first-order valence-electron chi connectivity index (χ1n) is 6.61. The van der Waals surface area contributed by atoms with Crippen LogP contribution >= 0.6 is 0 Å². The molecule has 0 bridgehead atoms. The van der Waals surface area contributed by atoms with Crippen LogP contribution in [-0.2, 0) is 4.74 Å². The number of anilines is 1. The maximum atomic E-state index is 12.2. The van der Waals surface area contributed by atoms with Gasteiger partial charge < -0.3 is 15.0 Å². The quantitative estimate of drug-likeness (QED) is 0.818. The van der Waals surface area contributed by atoms with Crippen LogP contribution < -0.4 is 10.2 Å². The molecule has 0 atom stereocenters. The minimum atomic E-state index is -0.505. The van der Waals surface area contributed by atoms with E-state index in [1.54, 1.807) is 6.20 Å². The molecule has 1 N–H and O–H groups in total. The Morgan fingerprint density at radius 1 is 1.37 bits per heavy atom. The summed E-state index contributed by atoms with van der Waals surface area (Å²) in [5.74, 6) is -0.360. The van der Waals surface area contributed by atoms with Gasteiger partial charge in [0.1, 0.15) is 5.60 Å². The summed E-state index contributed by atoms with van der Waals surface area (Å²) in [6.07, 6.45) is 1.63. The molecule has 5 nitrogen and oxygen atoms in total. The summed E-state index contributed by atoms with van der Waals surface area (Å²) in [5, 5.41) is 3.29. The van der Waals surface area contributed by atoms with Crippen molar-refractivity contribution < 1.29 is 9.53 Å². The summed E-state index contributed by atoms with van der Waals surface area (Å²) >= 11 is 0. The van der Waals surface area contributed by atoms with Crippen LogP contribution in [0, 0.1) is 0 Å². The van der Waals surface area contributed by atoms with E-state index in [4.69, 9.17) is 4.74 Å². The molecule has 104 valence electrons. The monoisotopic (exact) mass is 263 g/mol. The third-order valence-electron chi connectivity index (χ3n) is 2.84. The first-order chi connectivity index (χ1) is 8.97. The third-order valence-corrected chi connectivity index (χ3v) is 2.84. The van der Waals surface area contributed by atoms with Crippen molar-refractivity contribution in [2.45, 2.75) is 26.4 Å². The van der Waals surface area contributed by atoms with Gasteiger partial charge in [-0.05, 0) is 32.9 Å². The molecular weight excluding hydrogens is 242 g/mol. The van der Waals surface area contributed by atoms with E-state index < -0.39 is 5.60 Å². The lowest BCUT2D eigenvalue weighted by Gasteiger charge is -2.30. The van der Waals surface area contributed by atoms with Crippen molar-refractivity contribution in [3.05, 3.63) is 24.0 Å². The number of rotatable bonds is 2. The molecule has 0 amide bonds. The lowest BCUT2D eigenvalue weighted by Crippen LogP contribution is -2.44. The highest BCUT2D eigenvalue weighted by Gasteiger charge is 2.24. The van der Waals surface area contributed by atoms with Crippen molar-refractivity contribution in [1.29, 1.82) is 0 Å². The Morgan fingerprint density at radius 3 is 2.68 bits per heavy atom. The molecule has 1 aromatic rings. The molecule has 1 fully saturated rings. The van der Waals surface area contributed by atoms with Crippen LogP contribution in [0.5, 0.6) is 0 Å².